The average molecular weight is 194 g/mol. The van der Waals surface area contributed by atoms with Crippen molar-refractivity contribution in [2.24, 2.45) is 0 Å². The maximum absolute atomic E-state index is 11.2. The first-order valence-corrected chi connectivity index (χ1v) is 4.25. The zero-order valence-corrected chi connectivity index (χ0v) is 7.92. The second-order valence-corrected chi connectivity index (χ2v) is 3.38. The third-order valence-corrected chi connectivity index (χ3v) is 2.61. The van der Waals surface area contributed by atoms with Crippen LogP contribution in [0.4, 0.5) is 0 Å². The van der Waals surface area contributed by atoms with Crippen LogP contribution in [0.15, 0.2) is 0 Å². The molecular weight excluding hydrogens is 184 g/mol. The number of rotatable bonds is 0. The lowest BCUT2D eigenvalue weighted by atomic mass is 9.98. The van der Waals surface area contributed by atoms with Crippen molar-refractivity contribution in [3.05, 3.63) is 22.3 Å². The summed E-state index contributed by atoms with van der Waals surface area (Å²) in [5.41, 5.74) is 1.69. The molecule has 4 nitrogen and oxygen atoms in total. The molecule has 0 fully saturated rings. The highest BCUT2D eigenvalue weighted by molar-refractivity contribution is 5.97. The molecule has 0 saturated heterocycles. The smallest absolute Gasteiger partial charge is 0.342 e. The van der Waals surface area contributed by atoms with Gasteiger partial charge in [-0.2, -0.15) is 0 Å². The van der Waals surface area contributed by atoms with Gasteiger partial charge in [-0.05, 0) is 19.4 Å². The molecule has 1 aliphatic rings. The molecule has 0 spiro atoms. The Balaban J connectivity index is 2.84. The number of aromatic hydroxyl groups is 2. The average Bonchev–Trinajstić information content (AvgIpc) is 2.54. The molecule has 0 saturated carbocycles. The van der Waals surface area contributed by atoms with E-state index in [-0.39, 0.29) is 23.7 Å². The molecule has 0 bridgehead atoms. The third kappa shape index (κ3) is 0.907. The monoisotopic (exact) mass is 194 g/mol. The molecule has 74 valence electrons. The maximum Gasteiger partial charge on any atom is 0.342 e. The molecule has 2 N–H and O–H groups in total. The molecule has 1 aliphatic heterocycles. The molecule has 1 aromatic rings. The van der Waals surface area contributed by atoms with Gasteiger partial charge in [-0.15, -0.1) is 0 Å². The van der Waals surface area contributed by atoms with Gasteiger partial charge in [0.15, 0.2) is 0 Å². The van der Waals surface area contributed by atoms with Gasteiger partial charge >= 0.3 is 5.97 Å². The number of carbonyl (C=O) groups is 1. The van der Waals surface area contributed by atoms with Crippen LogP contribution in [0.2, 0.25) is 0 Å². The third-order valence-electron chi connectivity index (χ3n) is 2.61. The Labute approximate surface area is 80.7 Å². The van der Waals surface area contributed by atoms with Crippen LogP contribution >= 0.6 is 0 Å². The number of phenolic OH excluding ortho intramolecular Hbond substituents is 2. The standard InChI is InChI=1S/C10H10O4/c1-4-6-3-14-10(13)7(6)9(12)5(2)8(4)11/h11-12H,3H2,1-2H3. The minimum absolute atomic E-state index is 0.0274. The van der Waals surface area contributed by atoms with Crippen molar-refractivity contribution in [2.75, 3.05) is 0 Å². The Kier molecular flexibility index (Phi) is 1.67. The number of hydrogen-bond donors (Lipinski definition) is 2. The van der Waals surface area contributed by atoms with E-state index in [1.54, 1.807) is 13.8 Å². The number of esters is 1. The molecule has 0 amide bonds. The highest BCUT2D eigenvalue weighted by Crippen LogP contribution is 2.40. The number of ether oxygens (including phenoxy) is 1. The van der Waals surface area contributed by atoms with Gasteiger partial charge in [0.1, 0.15) is 23.7 Å². The summed E-state index contributed by atoms with van der Waals surface area (Å²) in [6.45, 7) is 3.38. The van der Waals surface area contributed by atoms with Gasteiger partial charge in [-0.1, -0.05) is 0 Å². The van der Waals surface area contributed by atoms with Crippen LogP contribution in [0.25, 0.3) is 0 Å². The number of carbonyl (C=O) groups excluding carboxylic acids is 1. The van der Waals surface area contributed by atoms with Crippen LogP contribution < -0.4 is 0 Å². The van der Waals surface area contributed by atoms with Crippen LogP contribution in [0.5, 0.6) is 11.5 Å². The van der Waals surface area contributed by atoms with Crippen LogP contribution in [0.1, 0.15) is 27.0 Å². The Bertz CT molecular complexity index is 434. The Morgan fingerprint density at radius 1 is 1.14 bits per heavy atom. The van der Waals surface area contributed by atoms with Crippen LogP contribution in [-0.4, -0.2) is 16.2 Å². The maximum atomic E-state index is 11.2. The lowest BCUT2D eigenvalue weighted by Crippen LogP contribution is -1.97. The number of phenols is 2. The first-order chi connectivity index (χ1) is 6.54. The van der Waals surface area contributed by atoms with E-state index in [4.69, 9.17) is 4.74 Å². The summed E-state index contributed by atoms with van der Waals surface area (Å²) in [4.78, 5) is 11.2. The number of benzene rings is 1. The van der Waals surface area contributed by atoms with Crippen LogP contribution in [0, 0.1) is 13.8 Å². The summed E-state index contributed by atoms with van der Waals surface area (Å²) >= 11 is 0. The molecule has 4 heteroatoms. The van der Waals surface area contributed by atoms with Crippen LogP contribution in [-0.2, 0) is 11.3 Å². The Hall–Kier alpha value is -1.71. The normalized spacial score (nSPS) is 14.0. The molecular formula is C10H10O4. The first kappa shape index (κ1) is 8.87. The van der Waals surface area contributed by atoms with Crippen molar-refractivity contribution in [1.82, 2.24) is 0 Å². The van der Waals surface area contributed by atoms with Gasteiger partial charge in [0.2, 0.25) is 0 Å². The van der Waals surface area contributed by atoms with Crippen molar-refractivity contribution >= 4 is 5.97 Å². The number of cyclic esters (lactones) is 1. The SMILES string of the molecule is Cc1c(O)c(C)c2c(c1O)C(=O)OC2. The fourth-order valence-electron chi connectivity index (χ4n) is 1.66. The van der Waals surface area contributed by atoms with Gasteiger partial charge in [-0.3, -0.25) is 0 Å². The zero-order valence-electron chi connectivity index (χ0n) is 7.92. The van der Waals surface area contributed by atoms with E-state index in [2.05, 4.69) is 0 Å². The Morgan fingerprint density at radius 3 is 2.43 bits per heavy atom. The van der Waals surface area contributed by atoms with Gasteiger partial charge in [-0.25, -0.2) is 4.79 Å². The van der Waals surface area contributed by atoms with Crippen molar-refractivity contribution in [3.8, 4) is 11.5 Å². The largest absolute Gasteiger partial charge is 0.507 e. The van der Waals surface area contributed by atoms with Crippen molar-refractivity contribution in [1.29, 1.82) is 0 Å². The van der Waals surface area contributed by atoms with Crippen molar-refractivity contribution in [2.45, 2.75) is 20.5 Å². The second-order valence-electron chi connectivity index (χ2n) is 3.38. The predicted molar refractivity (Wildman–Crippen MR) is 48.4 cm³/mol. The molecule has 0 aliphatic carbocycles. The predicted octanol–water partition coefficient (Wildman–Crippen LogP) is 1.39. The molecule has 0 atom stereocenters. The summed E-state index contributed by atoms with van der Waals surface area (Å²) in [6, 6.07) is 0. The van der Waals surface area contributed by atoms with E-state index >= 15 is 0 Å². The van der Waals surface area contributed by atoms with E-state index in [0.717, 1.165) is 0 Å². The summed E-state index contributed by atoms with van der Waals surface area (Å²) in [6.07, 6.45) is 0. The highest BCUT2D eigenvalue weighted by atomic mass is 16.5. The minimum atomic E-state index is -0.524. The summed E-state index contributed by atoms with van der Waals surface area (Å²) < 4.78 is 4.78. The van der Waals surface area contributed by atoms with Crippen molar-refractivity contribution < 1.29 is 19.7 Å². The first-order valence-electron chi connectivity index (χ1n) is 4.25. The van der Waals surface area contributed by atoms with E-state index in [1.807, 2.05) is 0 Å². The van der Waals surface area contributed by atoms with Gasteiger partial charge in [0.05, 0.1) is 0 Å². The van der Waals surface area contributed by atoms with E-state index < -0.39 is 5.97 Å². The van der Waals surface area contributed by atoms with Gasteiger partial charge in [0, 0.05) is 11.1 Å². The van der Waals surface area contributed by atoms with Crippen LogP contribution in [0.3, 0.4) is 0 Å². The van der Waals surface area contributed by atoms with E-state index in [0.29, 0.717) is 16.7 Å². The Morgan fingerprint density at radius 2 is 1.79 bits per heavy atom. The molecule has 0 unspecified atom stereocenters. The minimum Gasteiger partial charge on any atom is -0.507 e. The topological polar surface area (TPSA) is 66.8 Å². The zero-order chi connectivity index (χ0) is 10.5. The summed E-state index contributed by atoms with van der Waals surface area (Å²) in [5, 5.41) is 19.2. The quantitative estimate of drug-likeness (QED) is 0.612. The highest BCUT2D eigenvalue weighted by Gasteiger charge is 2.30. The number of hydrogen-bond acceptors (Lipinski definition) is 4. The summed E-state index contributed by atoms with van der Waals surface area (Å²) in [5.74, 6) is -0.672. The molecule has 1 heterocycles. The lowest BCUT2D eigenvalue weighted by molar-refractivity contribution is 0.0533. The molecule has 0 radical (unpaired) electrons. The van der Waals surface area contributed by atoms with Gasteiger partial charge in [0.25, 0.3) is 0 Å². The summed E-state index contributed by atoms with van der Waals surface area (Å²) in [7, 11) is 0. The number of fused-ring (bicyclic) bond motifs is 1. The van der Waals surface area contributed by atoms with E-state index in [9.17, 15) is 15.0 Å². The fraction of sp³-hybridized carbons (Fsp3) is 0.300. The molecule has 2 rings (SSSR count). The van der Waals surface area contributed by atoms with Crippen molar-refractivity contribution in [3.63, 3.8) is 0 Å². The second kappa shape index (κ2) is 2.64. The molecule has 14 heavy (non-hydrogen) atoms. The molecule has 0 aromatic heterocycles. The lowest BCUT2D eigenvalue weighted by Gasteiger charge is -2.09. The fourth-order valence-corrected chi connectivity index (χ4v) is 1.66. The molecule has 1 aromatic carbocycles. The van der Waals surface area contributed by atoms with E-state index in [1.165, 1.54) is 0 Å². The van der Waals surface area contributed by atoms with Gasteiger partial charge < -0.3 is 14.9 Å².